The highest BCUT2D eigenvalue weighted by Gasteiger charge is 2.18. The zero-order chi connectivity index (χ0) is 14.9. The van der Waals surface area contributed by atoms with Crippen LogP contribution in [0, 0.1) is 12.7 Å². The van der Waals surface area contributed by atoms with Crippen molar-refractivity contribution in [2.45, 2.75) is 6.92 Å². The third-order valence-electron chi connectivity index (χ3n) is 2.75. The van der Waals surface area contributed by atoms with Crippen molar-refractivity contribution in [3.63, 3.8) is 0 Å². The van der Waals surface area contributed by atoms with Crippen LogP contribution in [0.25, 0.3) is 0 Å². The number of benzene rings is 2. The highest BCUT2D eigenvalue weighted by Crippen LogP contribution is 2.40. The molecule has 0 unspecified atom stereocenters. The summed E-state index contributed by atoms with van der Waals surface area (Å²) in [6.45, 7) is 1.90. The van der Waals surface area contributed by atoms with Crippen molar-refractivity contribution < 1.29 is 13.9 Å². The molecule has 0 aliphatic carbocycles. The summed E-state index contributed by atoms with van der Waals surface area (Å²) in [6, 6.07) is 6.59. The highest BCUT2D eigenvalue weighted by molar-refractivity contribution is 6.33. The molecule has 0 saturated carbocycles. The molecule has 0 aliphatic rings. The van der Waals surface area contributed by atoms with Crippen LogP contribution in [0.5, 0.6) is 17.2 Å². The van der Waals surface area contributed by atoms with Gasteiger partial charge in [0.2, 0.25) is 0 Å². The Morgan fingerprint density at radius 1 is 1.10 bits per heavy atom. The van der Waals surface area contributed by atoms with Gasteiger partial charge in [-0.15, -0.1) is 0 Å². The summed E-state index contributed by atoms with van der Waals surface area (Å²) < 4.78 is 24.7. The fourth-order valence-electron chi connectivity index (χ4n) is 1.72. The summed E-state index contributed by atoms with van der Waals surface area (Å²) in [5, 5.41) is -0.222. The lowest BCUT2D eigenvalue weighted by atomic mass is 10.2. The number of halogens is 2. The van der Waals surface area contributed by atoms with E-state index in [4.69, 9.17) is 32.5 Å². The molecule has 0 aliphatic heterocycles. The molecule has 6 heteroatoms. The van der Waals surface area contributed by atoms with E-state index in [-0.39, 0.29) is 22.1 Å². The Kier molecular flexibility index (Phi) is 3.90. The van der Waals surface area contributed by atoms with Gasteiger partial charge in [0.1, 0.15) is 5.02 Å². The minimum Gasteiger partial charge on any atom is -0.493 e. The molecule has 2 aromatic carbocycles. The lowest BCUT2D eigenvalue weighted by Crippen LogP contribution is -2.00. The first-order valence-corrected chi connectivity index (χ1v) is 6.17. The van der Waals surface area contributed by atoms with Crippen LogP contribution in [0.1, 0.15) is 5.56 Å². The molecule has 20 heavy (non-hydrogen) atoms. The Balaban J connectivity index is 2.48. The number of hydrogen-bond acceptors (Lipinski definition) is 4. The summed E-state index contributed by atoms with van der Waals surface area (Å²) in [4.78, 5) is 0. The molecule has 2 aromatic rings. The smallest absolute Gasteiger partial charge is 0.188 e. The minimum atomic E-state index is -0.799. The second-order valence-electron chi connectivity index (χ2n) is 4.27. The van der Waals surface area contributed by atoms with Crippen LogP contribution >= 0.6 is 11.6 Å². The lowest BCUT2D eigenvalue weighted by molar-refractivity contribution is 0.371. The van der Waals surface area contributed by atoms with Gasteiger partial charge in [-0.05, 0) is 30.7 Å². The normalized spacial score (nSPS) is 10.4. The first kappa shape index (κ1) is 14.3. The molecule has 4 N–H and O–H groups in total. The van der Waals surface area contributed by atoms with Crippen molar-refractivity contribution in [3.05, 3.63) is 40.7 Å². The van der Waals surface area contributed by atoms with Crippen LogP contribution in [-0.4, -0.2) is 7.11 Å². The van der Waals surface area contributed by atoms with Crippen molar-refractivity contribution in [1.29, 1.82) is 0 Å². The number of nitrogen functional groups attached to an aromatic ring is 2. The van der Waals surface area contributed by atoms with E-state index in [1.165, 1.54) is 13.2 Å². The molecule has 106 valence electrons. The maximum Gasteiger partial charge on any atom is 0.188 e. The number of rotatable bonds is 3. The average Bonchev–Trinajstić information content (AvgIpc) is 2.42. The van der Waals surface area contributed by atoms with Gasteiger partial charge in [0.25, 0.3) is 0 Å². The second-order valence-corrected chi connectivity index (χ2v) is 4.65. The van der Waals surface area contributed by atoms with Crippen LogP contribution in [0.4, 0.5) is 15.8 Å². The van der Waals surface area contributed by atoms with Crippen LogP contribution in [0.2, 0.25) is 5.02 Å². The first-order valence-electron chi connectivity index (χ1n) is 5.79. The van der Waals surface area contributed by atoms with E-state index < -0.39 is 5.82 Å². The lowest BCUT2D eigenvalue weighted by Gasteiger charge is -2.14. The summed E-state index contributed by atoms with van der Waals surface area (Å²) in [7, 11) is 1.50. The Hall–Kier alpha value is -2.14. The van der Waals surface area contributed by atoms with Gasteiger partial charge in [0.05, 0.1) is 18.5 Å². The zero-order valence-electron chi connectivity index (χ0n) is 11.0. The number of methoxy groups -OCH3 is 1. The molecule has 0 bridgehead atoms. The third kappa shape index (κ3) is 2.58. The zero-order valence-corrected chi connectivity index (χ0v) is 11.8. The quantitative estimate of drug-likeness (QED) is 0.846. The molecule has 0 heterocycles. The van der Waals surface area contributed by atoms with E-state index in [2.05, 4.69) is 0 Å². The molecule has 0 spiro atoms. The van der Waals surface area contributed by atoms with Gasteiger partial charge in [-0.3, -0.25) is 0 Å². The van der Waals surface area contributed by atoms with Crippen molar-refractivity contribution in [1.82, 2.24) is 0 Å². The van der Waals surface area contributed by atoms with Crippen molar-refractivity contribution in [2.75, 3.05) is 18.6 Å². The summed E-state index contributed by atoms with van der Waals surface area (Å²) >= 11 is 5.75. The third-order valence-corrected chi connectivity index (χ3v) is 3.13. The van der Waals surface area contributed by atoms with Gasteiger partial charge in [0, 0.05) is 0 Å². The topological polar surface area (TPSA) is 70.5 Å². The largest absolute Gasteiger partial charge is 0.493 e. The monoisotopic (exact) mass is 296 g/mol. The predicted octanol–water partition coefficient (Wildman–Crippen LogP) is 3.75. The van der Waals surface area contributed by atoms with E-state index in [0.717, 1.165) is 5.56 Å². The van der Waals surface area contributed by atoms with Crippen LogP contribution in [0.3, 0.4) is 0 Å². The molecule has 0 radical (unpaired) electrons. The van der Waals surface area contributed by atoms with Crippen LogP contribution in [0.15, 0.2) is 24.3 Å². The standard InChI is InChI=1S/C14H14ClFN2O2/c1-7-3-4-10(11(5-7)19-2)20-14-9(18)6-8(17)12(15)13(14)16/h3-6H,17-18H2,1-2H3. The number of aryl methyl sites for hydroxylation is 1. The van der Waals surface area contributed by atoms with Crippen molar-refractivity contribution in [3.8, 4) is 17.2 Å². The summed E-state index contributed by atoms with van der Waals surface area (Å²) in [5.74, 6) is -0.167. The van der Waals surface area contributed by atoms with Crippen LogP contribution < -0.4 is 20.9 Å². The molecule has 0 saturated heterocycles. The maximum absolute atomic E-state index is 14.1. The first-order chi connectivity index (χ1) is 9.43. The second kappa shape index (κ2) is 5.46. The SMILES string of the molecule is COc1cc(C)ccc1Oc1c(N)cc(N)c(Cl)c1F. The van der Waals surface area contributed by atoms with Gasteiger partial charge in [-0.1, -0.05) is 17.7 Å². The Morgan fingerprint density at radius 2 is 1.80 bits per heavy atom. The fourth-order valence-corrected chi connectivity index (χ4v) is 1.86. The number of anilines is 2. The number of hydrogen-bond donors (Lipinski definition) is 2. The Morgan fingerprint density at radius 3 is 2.45 bits per heavy atom. The Labute approximate surface area is 121 Å². The van der Waals surface area contributed by atoms with E-state index in [1.54, 1.807) is 12.1 Å². The van der Waals surface area contributed by atoms with E-state index in [9.17, 15) is 4.39 Å². The van der Waals surface area contributed by atoms with Gasteiger partial charge in [0.15, 0.2) is 23.1 Å². The molecule has 2 rings (SSSR count). The number of nitrogens with two attached hydrogens (primary N) is 2. The maximum atomic E-state index is 14.1. The van der Waals surface area contributed by atoms with E-state index in [1.807, 2.05) is 13.0 Å². The average molecular weight is 297 g/mol. The molecule has 0 amide bonds. The summed E-state index contributed by atoms with van der Waals surface area (Å²) in [6.07, 6.45) is 0. The van der Waals surface area contributed by atoms with Gasteiger partial charge < -0.3 is 20.9 Å². The molecule has 0 fully saturated rings. The van der Waals surface area contributed by atoms with E-state index >= 15 is 0 Å². The van der Waals surface area contributed by atoms with Crippen molar-refractivity contribution in [2.24, 2.45) is 0 Å². The highest BCUT2D eigenvalue weighted by atomic mass is 35.5. The predicted molar refractivity (Wildman–Crippen MR) is 78.0 cm³/mol. The summed E-state index contributed by atoms with van der Waals surface area (Å²) in [5.41, 5.74) is 12.3. The Bertz CT molecular complexity index is 662. The molecular formula is C14H14ClFN2O2. The number of ether oxygens (including phenoxy) is 2. The minimum absolute atomic E-state index is 0.0601. The molecule has 4 nitrogen and oxygen atoms in total. The molecule has 0 aromatic heterocycles. The van der Waals surface area contributed by atoms with Crippen LogP contribution in [-0.2, 0) is 0 Å². The van der Waals surface area contributed by atoms with E-state index in [0.29, 0.717) is 11.5 Å². The van der Waals surface area contributed by atoms with Gasteiger partial charge in [-0.25, -0.2) is 4.39 Å². The molecular weight excluding hydrogens is 283 g/mol. The van der Waals surface area contributed by atoms with Gasteiger partial charge in [-0.2, -0.15) is 0 Å². The fraction of sp³-hybridized carbons (Fsp3) is 0.143. The van der Waals surface area contributed by atoms with Gasteiger partial charge >= 0.3 is 0 Å². The molecule has 0 atom stereocenters. The van der Waals surface area contributed by atoms with Crippen molar-refractivity contribution >= 4 is 23.0 Å².